The van der Waals surface area contributed by atoms with Crippen molar-refractivity contribution in [3.05, 3.63) is 36.2 Å². The third-order valence-electron chi connectivity index (χ3n) is 4.44. The van der Waals surface area contributed by atoms with Crippen LogP contribution in [0.25, 0.3) is 0 Å². The van der Waals surface area contributed by atoms with E-state index in [0.29, 0.717) is 0 Å². The van der Waals surface area contributed by atoms with Gasteiger partial charge in [0.2, 0.25) is 0 Å². The van der Waals surface area contributed by atoms with Crippen molar-refractivity contribution in [1.29, 1.82) is 5.26 Å². The number of nitrogens with two attached hydrogens (primary N) is 3. The molecule has 3 fully saturated rings. The predicted octanol–water partition coefficient (Wildman–Crippen LogP) is 3.80. The van der Waals surface area contributed by atoms with Crippen molar-refractivity contribution in [3.63, 3.8) is 0 Å². The molecule has 6 N–H and O–H groups in total. The van der Waals surface area contributed by atoms with Crippen molar-refractivity contribution in [2.24, 2.45) is 39.9 Å². The lowest BCUT2D eigenvalue weighted by atomic mass is 10.0. The fourth-order valence-electron chi connectivity index (χ4n) is 2.41. The van der Waals surface area contributed by atoms with E-state index in [-0.39, 0.29) is 34.5 Å². The molecule has 3 aliphatic carbocycles. The van der Waals surface area contributed by atoms with Gasteiger partial charge in [0.15, 0.2) is 5.78 Å². The number of rotatable bonds is 4. The van der Waals surface area contributed by atoms with E-state index in [1.165, 1.54) is 25.0 Å². The third-order valence-corrected chi connectivity index (χ3v) is 4.44. The Morgan fingerprint density at radius 2 is 1.50 bits per heavy atom. The molecule has 3 saturated carbocycles. The Bertz CT molecular complexity index is 597. The van der Waals surface area contributed by atoms with E-state index in [1.807, 2.05) is 33.8 Å². The summed E-state index contributed by atoms with van der Waals surface area (Å²) in [6, 6.07) is 1.82. The van der Waals surface area contributed by atoms with E-state index >= 15 is 0 Å². The Kier molecular flexibility index (Phi) is 15.3. The van der Waals surface area contributed by atoms with Crippen LogP contribution in [0.3, 0.4) is 0 Å². The number of aliphatic imine (C=N–C) groups is 1. The molecule has 6 nitrogen and oxygen atoms in total. The largest absolute Gasteiger partial charge is 0.397 e. The summed E-state index contributed by atoms with van der Waals surface area (Å²) in [7, 11) is 1.44. The lowest BCUT2D eigenvalue weighted by Crippen LogP contribution is -2.22. The maximum absolute atomic E-state index is 11.5. The number of hydrogen-bond donors (Lipinski definition) is 3. The van der Waals surface area contributed by atoms with E-state index in [1.54, 1.807) is 19.3 Å². The van der Waals surface area contributed by atoms with Crippen LogP contribution in [0.1, 0.15) is 59.8 Å². The summed E-state index contributed by atoms with van der Waals surface area (Å²) in [6.07, 6.45) is 7.73. The molecular weight excluding hydrogens is 350 g/mol. The molecule has 2 atom stereocenters. The topological polar surface area (TPSA) is 131 Å². The highest BCUT2D eigenvalue weighted by Gasteiger charge is 2.44. The molecule has 0 radical (unpaired) electrons. The molecule has 3 aliphatic rings. The monoisotopic (exact) mass is 389 g/mol. The SMILES string of the molecule is C1CC2CC12.C=C.CC.CC.CN=C(N)/C(C#N)=C(N)/C(N)=C/C(=O)C1CC1. The molecule has 158 valence electrons. The Morgan fingerprint density at radius 1 is 1.04 bits per heavy atom. The van der Waals surface area contributed by atoms with Crippen LogP contribution >= 0.6 is 0 Å². The molecule has 28 heavy (non-hydrogen) atoms. The van der Waals surface area contributed by atoms with Crippen LogP contribution in [-0.2, 0) is 4.79 Å². The summed E-state index contributed by atoms with van der Waals surface area (Å²) in [5.41, 5.74) is 16.8. The second-order valence-electron chi connectivity index (χ2n) is 6.12. The Hall–Kier alpha value is -2.55. The zero-order valence-electron chi connectivity index (χ0n) is 18.3. The van der Waals surface area contributed by atoms with Gasteiger partial charge in [-0.3, -0.25) is 9.79 Å². The molecular formula is C22H39N5O. The number of carbonyl (C=O) groups is 1. The highest BCUT2D eigenvalue weighted by Crippen LogP contribution is 2.55. The van der Waals surface area contributed by atoms with Gasteiger partial charge in [0.1, 0.15) is 17.5 Å². The molecule has 3 rings (SSSR count). The van der Waals surface area contributed by atoms with Crippen molar-refractivity contribution in [3.8, 4) is 6.07 Å². The number of nitrogens with zero attached hydrogens (tertiary/aromatic N) is 2. The number of hydrogen-bond acceptors (Lipinski definition) is 5. The van der Waals surface area contributed by atoms with Crippen LogP contribution in [0.15, 0.2) is 41.2 Å². The minimum absolute atomic E-state index is 0.000205. The third kappa shape index (κ3) is 9.40. The zero-order chi connectivity index (χ0) is 22.3. The summed E-state index contributed by atoms with van der Waals surface area (Å²) < 4.78 is 0. The van der Waals surface area contributed by atoms with Crippen LogP contribution in [0.2, 0.25) is 0 Å². The first kappa shape index (κ1) is 27.7. The van der Waals surface area contributed by atoms with Gasteiger partial charge in [0.05, 0.1) is 11.4 Å². The fraction of sp³-hybridized carbons (Fsp3) is 0.591. The summed E-state index contributed by atoms with van der Waals surface area (Å²) in [6.45, 7) is 14.0. The van der Waals surface area contributed by atoms with Gasteiger partial charge in [-0.15, -0.1) is 13.2 Å². The second kappa shape index (κ2) is 15.5. The minimum atomic E-state index is -0.0604. The Labute approximate surface area is 171 Å². The highest BCUT2D eigenvalue weighted by atomic mass is 16.1. The second-order valence-corrected chi connectivity index (χ2v) is 6.12. The molecule has 6 heteroatoms. The summed E-state index contributed by atoms with van der Waals surface area (Å²) >= 11 is 0. The lowest BCUT2D eigenvalue weighted by molar-refractivity contribution is -0.115. The highest BCUT2D eigenvalue weighted by molar-refractivity contribution is 6.02. The maximum atomic E-state index is 11.5. The fourth-order valence-corrected chi connectivity index (χ4v) is 2.41. The number of nitriles is 1. The summed E-state index contributed by atoms with van der Waals surface area (Å²) in [5.74, 6) is 2.46. The average Bonchev–Trinajstić information content (AvgIpc) is 3.65. The van der Waals surface area contributed by atoms with Crippen LogP contribution < -0.4 is 17.2 Å². The van der Waals surface area contributed by atoms with Crippen LogP contribution in [0.4, 0.5) is 0 Å². The molecule has 0 aromatic carbocycles. The van der Waals surface area contributed by atoms with Crippen LogP contribution in [-0.4, -0.2) is 18.7 Å². The van der Waals surface area contributed by atoms with Crippen molar-refractivity contribution < 1.29 is 4.79 Å². The van der Waals surface area contributed by atoms with Crippen LogP contribution in [0.5, 0.6) is 0 Å². The normalized spacial score (nSPS) is 22.0. The molecule has 2 unspecified atom stereocenters. The lowest BCUT2D eigenvalue weighted by Gasteiger charge is -2.05. The first-order valence-corrected chi connectivity index (χ1v) is 10.1. The van der Waals surface area contributed by atoms with Gasteiger partial charge in [-0.1, -0.05) is 27.7 Å². The van der Waals surface area contributed by atoms with Gasteiger partial charge in [-0.05, 0) is 43.9 Å². The first-order chi connectivity index (χ1) is 13.5. The van der Waals surface area contributed by atoms with E-state index in [2.05, 4.69) is 18.2 Å². The zero-order valence-corrected chi connectivity index (χ0v) is 18.3. The molecule has 0 bridgehead atoms. The summed E-state index contributed by atoms with van der Waals surface area (Å²) in [4.78, 5) is 15.1. The predicted molar refractivity (Wildman–Crippen MR) is 119 cm³/mol. The van der Waals surface area contributed by atoms with Crippen molar-refractivity contribution in [2.45, 2.75) is 59.8 Å². The maximum Gasteiger partial charge on any atom is 0.160 e. The molecule has 0 aromatic rings. The van der Waals surface area contributed by atoms with Crippen LogP contribution in [0, 0.1) is 29.1 Å². The smallest absolute Gasteiger partial charge is 0.160 e. The van der Waals surface area contributed by atoms with Gasteiger partial charge < -0.3 is 17.2 Å². The molecule has 0 spiro atoms. The van der Waals surface area contributed by atoms with E-state index in [0.717, 1.165) is 12.8 Å². The number of allylic oxidation sites excluding steroid dienone is 1. The number of fused-ring (bicyclic) bond motifs is 1. The van der Waals surface area contributed by atoms with E-state index < -0.39 is 0 Å². The standard InChI is InChI=1S/C11H15N5O.C5H8.2C2H6.C2H4/c1-16-11(15)7(5-12)10(14)8(13)4-9(17)6-2-3-6;1-2-5-3-4(1)5;3*1-2/h4,6H,2-3,13-14H2,1H3,(H2,15,16);4-5H,1-3H2;2*1-2H3;1-2H2/b8-4-,10-7-;;;;. The number of carbonyl (C=O) groups excluding carboxylic acids is 1. The Morgan fingerprint density at radius 3 is 1.75 bits per heavy atom. The van der Waals surface area contributed by atoms with Gasteiger partial charge in [-0.2, -0.15) is 5.26 Å². The molecule has 0 amide bonds. The van der Waals surface area contributed by atoms with Gasteiger partial charge in [-0.25, -0.2) is 0 Å². The van der Waals surface area contributed by atoms with E-state index in [4.69, 9.17) is 22.5 Å². The quantitative estimate of drug-likeness (QED) is 0.168. The van der Waals surface area contributed by atoms with Gasteiger partial charge in [0.25, 0.3) is 0 Å². The molecule has 0 saturated heterocycles. The molecule has 0 aromatic heterocycles. The first-order valence-electron chi connectivity index (χ1n) is 10.1. The number of amidine groups is 1. The summed E-state index contributed by atoms with van der Waals surface area (Å²) in [5, 5.41) is 8.89. The van der Waals surface area contributed by atoms with Crippen molar-refractivity contribution in [2.75, 3.05) is 7.05 Å². The van der Waals surface area contributed by atoms with Gasteiger partial charge in [0, 0.05) is 19.0 Å². The molecule has 0 aliphatic heterocycles. The average molecular weight is 390 g/mol. The molecule has 0 heterocycles. The van der Waals surface area contributed by atoms with Crippen molar-refractivity contribution in [1.82, 2.24) is 0 Å². The Balaban J connectivity index is 0. The number of ketones is 1. The minimum Gasteiger partial charge on any atom is -0.397 e. The van der Waals surface area contributed by atoms with E-state index in [9.17, 15) is 4.79 Å². The van der Waals surface area contributed by atoms with Crippen molar-refractivity contribution >= 4 is 11.6 Å². The van der Waals surface area contributed by atoms with Gasteiger partial charge >= 0.3 is 0 Å².